The van der Waals surface area contributed by atoms with Crippen molar-refractivity contribution in [2.75, 3.05) is 32.7 Å². The highest BCUT2D eigenvalue weighted by Gasteiger charge is 2.38. The Bertz CT molecular complexity index is 1120. The summed E-state index contributed by atoms with van der Waals surface area (Å²) in [4.78, 5) is 18.1. The van der Waals surface area contributed by atoms with E-state index in [4.69, 9.17) is 0 Å². The molecule has 2 aliphatic rings. The summed E-state index contributed by atoms with van der Waals surface area (Å²) >= 11 is 1.74. The molecule has 0 bridgehead atoms. The molecule has 2 aromatic carbocycles. The van der Waals surface area contributed by atoms with Crippen molar-refractivity contribution >= 4 is 17.2 Å². The lowest BCUT2D eigenvalue weighted by molar-refractivity contribution is 0.0780. The van der Waals surface area contributed by atoms with Crippen LogP contribution >= 0.6 is 11.3 Å². The fraction of sp³-hybridized carbons (Fsp3) is 0.414. The molecule has 3 heterocycles. The molecule has 5 heteroatoms. The summed E-state index contributed by atoms with van der Waals surface area (Å²) in [6, 6.07) is 15.3. The average molecular weight is 477 g/mol. The number of carbonyl (C=O) groups excluding carboxylic acids is 1. The van der Waals surface area contributed by atoms with E-state index < -0.39 is 0 Å². The van der Waals surface area contributed by atoms with Gasteiger partial charge in [0, 0.05) is 31.1 Å². The monoisotopic (exact) mass is 476 g/mol. The van der Waals surface area contributed by atoms with E-state index >= 15 is 0 Å². The van der Waals surface area contributed by atoms with Crippen LogP contribution in [0.5, 0.6) is 0 Å². The Morgan fingerprint density at radius 3 is 2.47 bits per heavy atom. The van der Waals surface area contributed by atoms with Crippen LogP contribution in [-0.4, -0.2) is 48.4 Å². The zero-order valence-electron chi connectivity index (χ0n) is 20.0. The van der Waals surface area contributed by atoms with Gasteiger partial charge in [0.05, 0.1) is 0 Å². The van der Waals surface area contributed by atoms with Gasteiger partial charge in [-0.25, -0.2) is 4.39 Å². The topological polar surface area (TPSA) is 23.6 Å². The van der Waals surface area contributed by atoms with Crippen LogP contribution in [0.2, 0.25) is 0 Å². The molecule has 0 spiro atoms. The third-order valence-electron chi connectivity index (χ3n) is 7.96. The summed E-state index contributed by atoms with van der Waals surface area (Å²) in [5, 5.41) is 4.40. The molecule has 3 aromatic rings. The van der Waals surface area contributed by atoms with E-state index in [9.17, 15) is 9.18 Å². The minimum atomic E-state index is -0.165. The zero-order chi connectivity index (χ0) is 23.7. The molecule has 1 amide bonds. The van der Waals surface area contributed by atoms with Gasteiger partial charge < -0.3 is 9.80 Å². The van der Waals surface area contributed by atoms with Crippen LogP contribution < -0.4 is 0 Å². The lowest BCUT2D eigenvalue weighted by atomic mass is 9.87. The number of hydrogen-bond acceptors (Lipinski definition) is 3. The van der Waals surface area contributed by atoms with E-state index in [-0.39, 0.29) is 11.7 Å². The van der Waals surface area contributed by atoms with Crippen molar-refractivity contribution in [1.29, 1.82) is 0 Å². The van der Waals surface area contributed by atoms with Gasteiger partial charge in [0.1, 0.15) is 5.82 Å². The van der Waals surface area contributed by atoms with Crippen molar-refractivity contribution in [3.8, 4) is 0 Å². The highest BCUT2D eigenvalue weighted by Crippen LogP contribution is 2.37. The summed E-state index contributed by atoms with van der Waals surface area (Å²) in [5.41, 5.74) is 5.71. The first-order valence-electron chi connectivity index (χ1n) is 12.3. The molecule has 0 saturated carbocycles. The normalized spacial score (nSPS) is 21.8. The Labute approximate surface area is 206 Å². The molecule has 2 saturated heterocycles. The molecular weight excluding hydrogens is 443 g/mol. The molecule has 0 radical (unpaired) electrons. The molecule has 0 aliphatic carbocycles. The summed E-state index contributed by atoms with van der Waals surface area (Å²) in [6.45, 7) is 8.86. The summed E-state index contributed by atoms with van der Waals surface area (Å²) in [7, 11) is 0. The lowest BCUT2D eigenvalue weighted by Crippen LogP contribution is -2.38. The van der Waals surface area contributed by atoms with E-state index in [1.807, 2.05) is 24.3 Å². The molecule has 3 nitrogen and oxygen atoms in total. The third-order valence-corrected chi connectivity index (χ3v) is 8.66. The fourth-order valence-corrected chi connectivity index (χ4v) is 6.48. The first-order chi connectivity index (χ1) is 16.5. The molecule has 178 valence electrons. The number of carbonyl (C=O) groups is 1. The first kappa shape index (κ1) is 23.3. The Hall–Kier alpha value is -2.50. The van der Waals surface area contributed by atoms with Gasteiger partial charge in [0.15, 0.2) is 0 Å². The van der Waals surface area contributed by atoms with Gasteiger partial charge in [-0.05, 0) is 109 Å². The molecule has 0 N–H and O–H groups in total. The third kappa shape index (κ3) is 4.82. The highest BCUT2D eigenvalue weighted by molar-refractivity contribution is 7.08. The highest BCUT2D eigenvalue weighted by atomic mass is 32.1. The summed E-state index contributed by atoms with van der Waals surface area (Å²) in [5.74, 6) is 1.33. The van der Waals surface area contributed by atoms with Crippen LogP contribution in [0.3, 0.4) is 0 Å². The lowest BCUT2D eigenvalue weighted by Gasteiger charge is -2.34. The van der Waals surface area contributed by atoms with Gasteiger partial charge >= 0.3 is 0 Å². The van der Waals surface area contributed by atoms with Crippen molar-refractivity contribution in [2.45, 2.75) is 38.5 Å². The number of thiophene rings is 1. The van der Waals surface area contributed by atoms with Gasteiger partial charge in [-0.3, -0.25) is 4.79 Å². The van der Waals surface area contributed by atoms with Crippen LogP contribution in [-0.2, 0) is 0 Å². The second-order valence-electron chi connectivity index (χ2n) is 10.0. The van der Waals surface area contributed by atoms with E-state index in [1.54, 1.807) is 23.5 Å². The van der Waals surface area contributed by atoms with Crippen molar-refractivity contribution in [3.05, 3.63) is 92.9 Å². The van der Waals surface area contributed by atoms with Crippen molar-refractivity contribution in [3.63, 3.8) is 0 Å². The van der Waals surface area contributed by atoms with Crippen LogP contribution in [0.4, 0.5) is 4.39 Å². The molecule has 1 aromatic heterocycles. The van der Waals surface area contributed by atoms with E-state index in [2.05, 4.69) is 46.5 Å². The van der Waals surface area contributed by atoms with Crippen LogP contribution in [0.15, 0.2) is 59.3 Å². The van der Waals surface area contributed by atoms with Gasteiger partial charge in [-0.2, -0.15) is 11.3 Å². The van der Waals surface area contributed by atoms with Crippen LogP contribution in [0, 0.1) is 25.6 Å². The van der Waals surface area contributed by atoms with Crippen LogP contribution in [0.1, 0.15) is 57.3 Å². The zero-order valence-corrected chi connectivity index (χ0v) is 20.9. The molecule has 2 fully saturated rings. The standard InChI is InChI=1S/C29H33FN2OS/c1-20-4-3-5-27(21(20)2)29(33)32-17-25(28(18-32)24-12-15-34-19-24)16-31-13-10-23(11-14-31)22-6-8-26(30)9-7-22/h3-9,12,15,19,23,25,28H,10-11,13-14,16-18H2,1-2H3/t25-,28+/m1/s1. The summed E-state index contributed by atoms with van der Waals surface area (Å²) in [6.07, 6.45) is 2.21. The van der Waals surface area contributed by atoms with E-state index in [1.165, 1.54) is 16.7 Å². The predicted molar refractivity (Wildman–Crippen MR) is 137 cm³/mol. The largest absolute Gasteiger partial charge is 0.338 e. The maximum Gasteiger partial charge on any atom is 0.254 e. The van der Waals surface area contributed by atoms with Gasteiger partial charge in [0.2, 0.25) is 0 Å². The van der Waals surface area contributed by atoms with Crippen molar-refractivity contribution in [2.24, 2.45) is 5.92 Å². The van der Waals surface area contributed by atoms with Gasteiger partial charge in [0.25, 0.3) is 5.91 Å². The first-order valence-corrected chi connectivity index (χ1v) is 13.3. The van der Waals surface area contributed by atoms with Crippen LogP contribution in [0.25, 0.3) is 0 Å². The molecule has 5 rings (SSSR count). The minimum absolute atomic E-state index is 0.165. The maximum atomic E-state index is 13.5. The van der Waals surface area contributed by atoms with Crippen molar-refractivity contribution in [1.82, 2.24) is 9.80 Å². The van der Waals surface area contributed by atoms with Crippen molar-refractivity contribution < 1.29 is 9.18 Å². The maximum absolute atomic E-state index is 13.5. The quantitative estimate of drug-likeness (QED) is 0.435. The number of likely N-dealkylation sites (tertiary alicyclic amines) is 2. The number of aryl methyl sites for hydroxylation is 1. The van der Waals surface area contributed by atoms with Gasteiger partial charge in [-0.15, -0.1) is 0 Å². The number of nitrogens with zero attached hydrogens (tertiary/aromatic N) is 2. The second-order valence-corrected chi connectivity index (χ2v) is 10.8. The van der Waals surface area contributed by atoms with E-state index in [0.29, 0.717) is 17.8 Å². The Morgan fingerprint density at radius 1 is 1.00 bits per heavy atom. The number of rotatable bonds is 5. The molecule has 2 aliphatic heterocycles. The van der Waals surface area contributed by atoms with Gasteiger partial charge in [-0.1, -0.05) is 24.3 Å². The average Bonchev–Trinajstić information content (AvgIpc) is 3.52. The Morgan fingerprint density at radius 2 is 1.76 bits per heavy atom. The summed E-state index contributed by atoms with van der Waals surface area (Å²) < 4.78 is 13.3. The minimum Gasteiger partial charge on any atom is -0.338 e. The number of benzene rings is 2. The molecule has 0 unspecified atom stereocenters. The number of hydrogen-bond donors (Lipinski definition) is 0. The molecule has 2 atom stereocenters. The SMILES string of the molecule is Cc1cccc(C(=O)N2C[C@@H](CN3CCC(c4ccc(F)cc4)CC3)[C@H](c3ccsc3)C2)c1C. The predicted octanol–water partition coefficient (Wildman–Crippen LogP) is 6.24. The Balaban J connectivity index is 1.27. The second kappa shape index (κ2) is 10.0. The molecular formula is C29H33FN2OS. The number of amides is 1. The molecule has 34 heavy (non-hydrogen) atoms. The van der Waals surface area contributed by atoms with E-state index in [0.717, 1.165) is 56.7 Å². The number of piperidine rings is 1. The number of halogens is 1. The Kier molecular flexibility index (Phi) is 6.84. The smallest absolute Gasteiger partial charge is 0.254 e. The fourth-order valence-electron chi connectivity index (χ4n) is 5.75.